The van der Waals surface area contributed by atoms with Gasteiger partial charge in [0.1, 0.15) is 0 Å². The van der Waals surface area contributed by atoms with Gasteiger partial charge in [0.25, 0.3) is 0 Å². The van der Waals surface area contributed by atoms with Crippen LogP contribution in [0.1, 0.15) is 39.3 Å². The van der Waals surface area contributed by atoms with E-state index >= 15 is 0 Å². The lowest BCUT2D eigenvalue weighted by Gasteiger charge is -2.28. The molecule has 1 atom stereocenters. The Bertz CT molecular complexity index is 756. The molecule has 1 aromatic rings. The number of hydrogen-bond acceptors (Lipinski definition) is 6. The normalized spacial score (nSPS) is 16.5. The van der Waals surface area contributed by atoms with Crippen LogP contribution in [-0.2, 0) is 14.3 Å². The molecule has 0 bridgehead atoms. The third-order valence-corrected chi connectivity index (χ3v) is 3.62. The minimum atomic E-state index is -0.714. The zero-order valence-corrected chi connectivity index (χ0v) is 15.2. The molecule has 26 heavy (non-hydrogen) atoms. The maximum atomic E-state index is 12.3. The molecule has 0 aliphatic carbocycles. The van der Waals surface area contributed by atoms with E-state index in [0.717, 1.165) is 0 Å². The van der Waals surface area contributed by atoms with Crippen LogP contribution in [0.2, 0.25) is 0 Å². The van der Waals surface area contributed by atoms with Gasteiger partial charge in [-0.15, -0.1) is 0 Å². The number of carbonyl (C=O) groups is 3. The fourth-order valence-electron chi connectivity index (χ4n) is 2.63. The molecule has 1 aliphatic heterocycles. The summed E-state index contributed by atoms with van der Waals surface area (Å²) < 4.78 is 15.8. The van der Waals surface area contributed by atoms with Gasteiger partial charge in [-0.25, -0.2) is 9.59 Å². The maximum absolute atomic E-state index is 12.3. The van der Waals surface area contributed by atoms with Crippen molar-refractivity contribution >= 4 is 18.0 Å². The van der Waals surface area contributed by atoms with Gasteiger partial charge in [0, 0.05) is 12.6 Å². The lowest BCUT2D eigenvalue weighted by molar-refractivity contribution is -0.139. The van der Waals surface area contributed by atoms with Gasteiger partial charge in [0.05, 0.1) is 24.8 Å². The van der Waals surface area contributed by atoms with E-state index in [0.29, 0.717) is 29.2 Å². The Morgan fingerprint density at radius 3 is 2.50 bits per heavy atom. The minimum absolute atomic E-state index is 0.214. The van der Waals surface area contributed by atoms with Crippen LogP contribution >= 0.6 is 0 Å². The van der Waals surface area contributed by atoms with Gasteiger partial charge >= 0.3 is 18.0 Å². The predicted molar refractivity (Wildman–Crippen MR) is 92.7 cm³/mol. The number of ether oxygens (including phenoxy) is 3. The summed E-state index contributed by atoms with van der Waals surface area (Å²) in [4.78, 5) is 35.5. The molecule has 2 amide bonds. The average molecular weight is 362 g/mol. The van der Waals surface area contributed by atoms with Gasteiger partial charge in [-0.05, 0) is 38.5 Å². The standard InChI is InChI=1S/C18H22N2O6/c1-5-24-14-9-12(7-8-13(14)26-11(4)21)16-15(17(22)25-6-2)10(3)19-18(23)20-16/h7-9,16H,5-6H2,1-4H3,(H2,19,20,23). The highest BCUT2D eigenvalue weighted by Gasteiger charge is 2.32. The van der Waals surface area contributed by atoms with Crippen molar-refractivity contribution in [3.63, 3.8) is 0 Å². The Morgan fingerprint density at radius 2 is 1.88 bits per heavy atom. The van der Waals surface area contributed by atoms with E-state index in [1.807, 2.05) is 0 Å². The first-order valence-corrected chi connectivity index (χ1v) is 8.27. The Morgan fingerprint density at radius 1 is 1.15 bits per heavy atom. The third-order valence-electron chi connectivity index (χ3n) is 3.62. The molecule has 8 nitrogen and oxygen atoms in total. The molecule has 0 fully saturated rings. The molecule has 2 N–H and O–H groups in total. The second-order valence-corrected chi connectivity index (χ2v) is 5.52. The van der Waals surface area contributed by atoms with Crippen molar-refractivity contribution < 1.29 is 28.6 Å². The first-order chi connectivity index (χ1) is 12.4. The van der Waals surface area contributed by atoms with E-state index in [1.165, 1.54) is 6.92 Å². The number of benzene rings is 1. The highest BCUT2D eigenvalue weighted by Crippen LogP contribution is 2.34. The second-order valence-electron chi connectivity index (χ2n) is 5.52. The van der Waals surface area contributed by atoms with Crippen LogP contribution in [0, 0.1) is 0 Å². The number of rotatable bonds is 6. The predicted octanol–water partition coefficient (Wildman–Crippen LogP) is 2.20. The van der Waals surface area contributed by atoms with Crippen molar-refractivity contribution in [2.45, 2.75) is 33.7 Å². The topological polar surface area (TPSA) is 103 Å². The van der Waals surface area contributed by atoms with Crippen LogP contribution in [0.5, 0.6) is 11.5 Å². The van der Waals surface area contributed by atoms with E-state index in [4.69, 9.17) is 14.2 Å². The van der Waals surface area contributed by atoms with E-state index in [9.17, 15) is 14.4 Å². The molecule has 0 spiro atoms. The molecule has 0 saturated carbocycles. The molecule has 8 heteroatoms. The summed E-state index contributed by atoms with van der Waals surface area (Å²) in [6.07, 6.45) is 0. The van der Waals surface area contributed by atoms with Crippen LogP contribution in [0.15, 0.2) is 29.5 Å². The fraction of sp³-hybridized carbons (Fsp3) is 0.389. The van der Waals surface area contributed by atoms with Gasteiger partial charge in [0.2, 0.25) is 0 Å². The molecule has 0 saturated heterocycles. The molecule has 1 unspecified atom stereocenters. The summed E-state index contributed by atoms with van der Waals surface area (Å²) >= 11 is 0. The summed E-state index contributed by atoms with van der Waals surface area (Å²) in [6, 6.07) is 3.71. The Labute approximate surface area is 151 Å². The fourth-order valence-corrected chi connectivity index (χ4v) is 2.63. The summed E-state index contributed by atoms with van der Waals surface area (Å²) in [6.45, 7) is 7.00. The number of amides is 2. The number of hydrogen-bond donors (Lipinski definition) is 2. The van der Waals surface area contributed by atoms with Gasteiger partial charge in [0.15, 0.2) is 11.5 Å². The van der Waals surface area contributed by atoms with E-state index in [1.54, 1.807) is 39.0 Å². The van der Waals surface area contributed by atoms with E-state index in [-0.39, 0.29) is 12.4 Å². The van der Waals surface area contributed by atoms with Crippen molar-refractivity contribution in [3.8, 4) is 11.5 Å². The molecule has 0 aromatic heterocycles. The number of urea groups is 1. The largest absolute Gasteiger partial charge is 0.490 e. The average Bonchev–Trinajstić information content (AvgIpc) is 2.55. The summed E-state index contributed by atoms with van der Waals surface area (Å²) in [5.74, 6) is -0.392. The molecule has 140 valence electrons. The molecular formula is C18H22N2O6. The van der Waals surface area contributed by atoms with Crippen molar-refractivity contribution in [2.24, 2.45) is 0 Å². The maximum Gasteiger partial charge on any atom is 0.338 e. The Kier molecular flexibility index (Phi) is 6.21. The summed E-state index contributed by atoms with van der Waals surface area (Å²) in [5.41, 5.74) is 1.31. The van der Waals surface area contributed by atoms with Crippen molar-refractivity contribution in [1.82, 2.24) is 10.6 Å². The third kappa shape index (κ3) is 4.33. The monoisotopic (exact) mass is 362 g/mol. The van der Waals surface area contributed by atoms with E-state index < -0.39 is 24.0 Å². The smallest absolute Gasteiger partial charge is 0.338 e. The van der Waals surface area contributed by atoms with Crippen LogP contribution in [0.3, 0.4) is 0 Å². The van der Waals surface area contributed by atoms with Gasteiger partial charge in [-0.1, -0.05) is 6.07 Å². The number of carbonyl (C=O) groups excluding carboxylic acids is 3. The molecule has 1 aliphatic rings. The van der Waals surface area contributed by atoms with Crippen LogP contribution in [0.4, 0.5) is 4.79 Å². The van der Waals surface area contributed by atoms with Crippen LogP contribution in [0.25, 0.3) is 0 Å². The van der Waals surface area contributed by atoms with Gasteiger partial charge in [-0.2, -0.15) is 0 Å². The zero-order chi connectivity index (χ0) is 19.3. The van der Waals surface area contributed by atoms with Gasteiger partial charge in [-0.3, -0.25) is 4.79 Å². The molecule has 0 radical (unpaired) electrons. The second kappa shape index (κ2) is 8.37. The van der Waals surface area contributed by atoms with Gasteiger partial charge < -0.3 is 24.8 Å². The lowest BCUT2D eigenvalue weighted by Crippen LogP contribution is -2.45. The van der Waals surface area contributed by atoms with Crippen LogP contribution in [-0.4, -0.2) is 31.2 Å². The molecule has 2 rings (SSSR count). The quantitative estimate of drug-likeness (QED) is 0.594. The van der Waals surface area contributed by atoms with Crippen molar-refractivity contribution in [1.29, 1.82) is 0 Å². The highest BCUT2D eigenvalue weighted by atomic mass is 16.6. The number of nitrogens with one attached hydrogen (secondary N) is 2. The van der Waals surface area contributed by atoms with Crippen LogP contribution < -0.4 is 20.1 Å². The highest BCUT2D eigenvalue weighted by molar-refractivity contribution is 5.95. The minimum Gasteiger partial charge on any atom is -0.490 e. The van der Waals surface area contributed by atoms with E-state index in [2.05, 4.69) is 10.6 Å². The first-order valence-electron chi connectivity index (χ1n) is 8.27. The Hall–Kier alpha value is -3.03. The van der Waals surface area contributed by atoms with Crippen molar-refractivity contribution in [2.75, 3.05) is 13.2 Å². The first kappa shape index (κ1) is 19.3. The Balaban J connectivity index is 2.47. The molecule has 1 heterocycles. The summed E-state index contributed by atoms with van der Waals surface area (Å²) in [7, 11) is 0. The van der Waals surface area contributed by atoms with Crippen molar-refractivity contribution in [3.05, 3.63) is 35.0 Å². The number of esters is 2. The molecule has 1 aromatic carbocycles. The number of allylic oxidation sites excluding steroid dienone is 1. The zero-order valence-electron chi connectivity index (χ0n) is 15.2. The summed E-state index contributed by atoms with van der Waals surface area (Å²) in [5, 5.41) is 5.28. The lowest BCUT2D eigenvalue weighted by atomic mass is 9.95. The SMILES string of the molecule is CCOC(=O)C1=C(C)NC(=O)NC1c1ccc(OC(C)=O)c(OCC)c1. The molecular weight excluding hydrogens is 340 g/mol.